The van der Waals surface area contributed by atoms with E-state index in [2.05, 4.69) is 4.90 Å². The third kappa shape index (κ3) is 5.19. The van der Waals surface area contributed by atoms with Gasteiger partial charge in [-0.2, -0.15) is 0 Å². The Morgan fingerprint density at radius 1 is 1.33 bits per heavy atom. The smallest absolute Gasteiger partial charge is 0.0478 e. The number of hydrogen-bond donors (Lipinski definition) is 0. The molecule has 1 aliphatic rings. The van der Waals surface area contributed by atoms with E-state index in [0.717, 1.165) is 32.1 Å². The number of nitrogens with zero attached hydrogens (tertiary/aromatic N) is 1. The Bertz CT molecular complexity index is 155. The normalized spacial score (nSPS) is 24.0. The van der Waals surface area contributed by atoms with E-state index < -0.39 is 0 Å². The number of halogens is 1. The molecule has 0 aromatic heterocycles. The van der Waals surface area contributed by atoms with Crippen LogP contribution in [0, 0.1) is 0 Å². The van der Waals surface area contributed by atoms with Crippen molar-refractivity contribution in [3.8, 4) is 0 Å². The SMILES string of the molecule is CCOCCCN1CCCCCC1CCl. The highest BCUT2D eigenvalue weighted by Crippen LogP contribution is 2.17. The molecule has 1 unspecified atom stereocenters. The Morgan fingerprint density at radius 3 is 2.93 bits per heavy atom. The van der Waals surface area contributed by atoms with Crippen molar-refractivity contribution in [2.24, 2.45) is 0 Å². The first-order chi connectivity index (χ1) is 7.38. The lowest BCUT2D eigenvalue weighted by atomic mass is 10.1. The summed E-state index contributed by atoms with van der Waals surface area (Å²) in [4.78, 5) is 2.55. The second kappa shape index (κ2) is 8.37. The highest BCUT2D eigenvalue weighted by atomic mass is 35.5. The van der Waals surface area contributed by atoms with Crippen LogP contribution in [0.1, 0.15) is 39.0 Å². The van der Waals surface area contributed by atoms with Gasteiger partial charge >= 0.3 is 0 Å². The first-order valence-corrected chi connectivity index (χ1v) is 6.79. The maximum absolute atomic E-state index is 6.01. The lowest BCUT2D eigenvalue weighted by molar-refractivity contribution is 0.124. The van der Waals surface area contributed by atoms with Crippen LogP contribution in [0.5, 0.6) is 0 Å². The van der Waals surface area contributed by atoms with Crippen molar-refractivity contribution in [3.63, 3.8) is 0 Å². The van der Waals surface area contributed by atoms with Crippen molar-refractivity contribution in [2.75, 3.05) is 32.2 Å². The largest absolute Gasteiger partial charge is 0.382 e. The summed E-state index contributed by atoms with van der Waals surface area (Å²) in [5.41, 5.74) is 0. The van der Waals surface area contributed by atoms with Crippen LogP contribution in [0.2, 0.25) is 0 Å². The zero-order valence-corrected chi connectivity index (χ0v) is 10.6. The Labute approximate surface area is 98.9 Å². The van der Waals surface area contributed by atoms with Gasteiger partial charge in [-0.3, -0.25) is 4.90 Å². The van der Waals surface area contributed by atoms with Crippen molar-refractivity contribution in [1.29, 1.82) is 0 Å². The van der Waals surface area contributed by atoms with Gasteiger partial charge in [-0.25, -0.2) is 0 Å². The second-order valence-electron chi connectivity index (χ2n) is 4.24. The summed E-state index contributed by atoms with van der Waals surface area (Å²) in [7, 11) is 0. The average Bonchev–Trinajstić information content (AvgIpc) is 2.49. The zero-order valence-electron chi connectivity index (χ0n) is 9.88. The molecule has 0 amide bonds. The lowest BCUT2D eigenvalue weighted by Crippen LogP contribution is -2.37. The first kappa shape index (κ1) is 13.3. The lowest BCUT2D eigenvalue weighted by Gasteiger charge is -2.28. The fourth-order valence-electron chi connectivity index (χ4n) is 2.22. The summed E-state index contributed by atoms with van der Waals surface area (Å²) >= 11 is 6.01. The van der Waals surface area contributed by atoms with Gasteiger partial charge in [0, 0.05) is 31.7 Å². The first-order valence-electron chi connectivity index (χ1n) is 6.26. The zero-order chi connectivity index (χ0) is 10.9. The highest BCUT2D eigenvalue weighted by molar-refractivity contribution is 6.18. The molecule has 1 aliphatic heterocycles. The molecule has 1 rings (SSSR count). The highest BCUT2D eigenvalue weighted by Gasteiger charge is 2.19. The molecule has 2 nitrogen and oxygen atoms in total. The standard InChI is InChI=1S/C12H24ClNO/c1-2-15-10-6-9-14-8-5-3-4-7-12(14)11-13/h12H,2-11H2,1H3. The maximum atomic E-state index is 6.01. The summed E-state index contributed by atoms with van der Waals surface area (Å²) in [6.07, 6.45) is 6.47. The number of alkyl halides is 1. The minimum absolute atomic E-state index is 0.607. The molecular weight excluding hydrogens is 210 g/mol. The molecule has 0 bridgehead atoms. The van der Waals surface area contributed by atoms with E-state index in [0.29, 0.717) is 6.04 Å². The minimum atomic E-state index is 0.607. The summed E-state index contributed by atoms with van der Waals surface area (Å²) < 4.78 is 5.37. The predicted octanol–water partition coefficient (Wildman–Crippen LogP) is 2.90. The van der Waals surface area contributed by atoms with Crippen molar-refractivity contribution >= 4 is 11.6 Å². The number of ether oxygens (including phenoxy) is 1. The Hall–Kier alpha value is 0.210. The van der Waals surface area contributed by atoms with Crippen molar-refractivity contribution in [3.05, 3.63) is 0 Å². The quantitative estimate of drug-likeness (QED) is 0.517. The van der Waals surface area contributed by atoms with Crippen LogP contribution in [0.3, 0.4) is 0 Å². The topological polar surface area (TPSA) is 12.5 Å². The van der Waals surface area contributed by atoms with Crippen LogP contribution in [-0.2, 0) is 4.74 Å². The summed E-state index contributed by atoms with van der Waals surface area (Å²) in [5, 5.41) is 0. The van der Waals surface area contributed by atoms with Crippen LogP contribution in [0.4, 0.5) is 0 Å². The van der Waals surface area contributed by atoms with E-state index in [1.807, 2.05) is 6.92 Å². The van der Waals surface area contributed by atoms with E-state index in [9.17, 15) is 0 Å². The van der Waals surface area contributed by atoms with Gasteiger partial charge in [0.2, 0.25) is 0 Å². The molecule has 1 saturated heterocycles. The molecule has 15 heavy (non-hydrogen) atoms. The van der Waals surface area contributed by atoms with Crippen LogP contribution in [-0.4, -0.2) is 43.1 Å². The van der Waals surface area contributed by atoms with Crippen LogP contribution >= 0.6 is 11.6 Å². The van der Waals surface area contributed by atoms with E-state index in [1.54, 1.807) is 0 Å². The van der Waals surface area contributed by atoms with E-state index in [4.69, 9.17) is 16.3 Å². The van der Waals surface area contributed by atoms with Crippen LogP contribution < -0.4 is 0 Å². The Morgan fingerprint density at radius 2 is 2.20 bits per heavy atom. The Balaban J connectivity index is 2.22. The molecule has 0 N–H and O–H groups in total. The van der Waals surface area contributed by atoms with Crippen LogP contribution in [0.25, 0.3) is 0 Å². The maximum Gasteiger partial charge on any atom is 0.0478 e. The molecule has 0 spiro atoms. The summed E-state index contributed by atoms with van der Waals surface area (Å²) in [5.74, 6) is 0.786. The number of likely N-dealkylation sites (tertiary alicyclic amines) is 1. The fourth-order valence-corrected chi connectivity index (χ4v) is 2.57. The molecule has 1 fully saturated rings. The minimum Gasteiger partial charge on any atom is -0.382 e. The van der Waals surface area contributed by atoms with Gasteiger partial charge in [-0.1, -0.05) is 12.8 Å². The predicted molar refractivity (Wildman–Crippen MR) is 65.7 cm³/mol. The summed E-state index contributed by atoms with van der Waals surface area (Å²) in [6.45, 7) is 6.15. The third-order valence-corrected chi connectivity index (χ3v) is 3.47. The molecule has 3 heteroatoms. The van der Waals surface area contributed by atoms with Gasteiger partial charge in [0.25, 0.3) is 0 Å². The molecule has 90 valence electrons. The molecule has 1 heterocycles. The van der Waals surface area contributed by atoms with Crippen molar-refractivity contribution in [1.82, 2.24) is 4.90 Å². The second-order valence-corrected chi connectivity index (χ2v) is 4.55. The van der Waals surface area contributed by atoms with Crippen molar-refractivity contribution < 1.29 is 4.74 Å². The average molecular weight is 234 g/mol. The molecule has 0 radical (unpaired) electrons. The number of hydrogen-bond acceptors (Lipinski definition) is 2. The van der Waals surface area contributed by atoms with E-state index >= 15 is 0 Å². The summed E-state index contributed by atoms with van der Waals surface area (Å²) in [6, 6.07) is 0.607. The number of rotatable bonds is 6. The molecule has 0 aromatic rings. The molecular formula is C12H24ClNO. The fraction of sp³-hybridized carbons (Fsp3) is 1.00. The molecule has 0 aliphatic carbocycles. The third-order valence-electron chi connectivity index (χ3n) is 3.12. The van der Waals surface area contributed by atoms with Crippen LogP contribution in [0.15, 0.2) is 0 Å². The van der Waals surface area contributed by atoms with Gasteiger partial charge in [-0.05, 0) is 32.7 Å². The van der Waals surface area contributed by atoms with Gasteiger partial charge in [0.15, 0.2) is 0 Å². The molecule has 1 atom stereocenters. The van der Waals surface area contributed by atoms with Crippen molar-refractivity contribution in [2.45, 2.75) is 45.1 Å². The van der Waals surface area contributed by atoms with Gasteiger partial charge in [-0.15, -0.1) is 11.6 Å². The van der Waals surface area contributed by atoms with Gasteiger partial charge in [0.05, 0.1) is 0 Å². The van der Waals surface area contributed by atoms with E-state index in [-0.39, 0.29) is 0 Å². The van der Waals surface area contributed by atoms with Gasteiger partial charge in [0.1, 0.15) is 0 Å². The van der Waals surface area contributed by atoms with Gasteiger partial charge < -0.3 is 4.74 Å². The van der Waals surface area contributed by atoms with E-state index in [1.165, 1.54) is 32.2 Å². The monoisotopic (exact) mass is 233 g/mol. The molecule has 0 saturated carbocycles. The Kier molecular flexibility index (Phi) is 7.41. The molecule has 0 aromatic carbocycles.